The standard InChI is InChI=1S/C14H19N3O/c1-11-3-6-16-14(13(11)9-15)17-7-4-12(5-8-17)10-18-2/h3,6,12H,4-5,7-8,10H2,1-2H3. The summed E-state index contributed by atoms with van der Waals surface area (Å²) in [6, 6.07) is 4.16. The molecule has 1 fully saturated rings. The zero-order chi connectivity index (χ0) is 13.0. The fourth-order valence-corrected chi connectivity index (χ4v) is 2.47. The number of ether oxygens (including phenoxy) is 1. The lowest BCUT2D eigenvalue weighted by Crippen LogP contribution is -2.36. The van der Waals surface area contributed by atoms with Gasteiger partial charge < -0.3 is 9.64 Å². The highest BCUT2D eigenvalue weighted by Gasteiger charge is 2.22. The van der Waals surface area contributed by atoms with Crippen molar-refractivity contribution in [2.75, 3.05) is 31.7 Å². The Morgan fingerprint density at radius 3 is 2.83 bits per heavy atom. The Balaban J connectivity index is 2.10. The molecule has 0 aliphatic carbocycles. The molecule has 18 heavy (non-hydrogen) atoms. The van der Waals surface area contributed by atoms with Gasteiger partial charge in [0.15, 0.2) is 0 Å². The van der Waals surface area contributed by atoms with E-state index in [1.54, 1.807) is 13.3 Å². The largest absolute Gasteiger partial charge is 0.384 e. The predicted octanol–water partition coefficient (Wildman–Crippen LogP) is 2.12. The van der Waals surface area contributed by atoms with Gasteiger partial charge in [0.05, 0.1) is 5.56 Å². The Labute approximate surface area is 108 Å². The monoisotopic (exact) mass is 245 g/mol. The van der Waals surface area contributed by atoms with Crippen molar-refractivity contribution < 1.29 is 4.74 Å². The number of pyridine rings is 1. The Bertz CT molecular complexity index is 445. The van der Waals surface area contributed by atoms with Gasteiger partial charge in [-0.25, -0.2) is 4.98 Å². The number of nitrogens with zero attached hydrogens (tertiary/aromatic N) is 3. The van der Waals surface area contributed by atoms with Gasteiger partial charge in [-0.2, -0.15) is 5.26 Å². The summed E-state index contributed by atoms with van der Waals surface area (Å²) in [5.41, 5.74) is 1.71. The topological polar surface area (TPSA) is 49.1 Å². The third-order valence-corrected chi connectivity index (χ3v) is 3.57. The van der Waals surface area contributed by atoms with E-state index in [9.17, 15) is 5.26 Å². The van der Waals surface area contributed by atoms with Crippen molar-refractivity contribution in [2.24, 2.45) is 5.92 Å². The number of hydrogen-bond donors (Lipinski definition) is 0. The third-order valence-electron chi connectivity index (χ3n) is 3.57. The van der Waals surface area contributed by atoms with E-state index in [1.165, 1.54) is 0 Å². The van der Waals surface area contributed by atoms with Crippen LogP contribution in [0.5, 0.6) is 0 Å². The quantitative estimate of drug-likeness (QED) is 0.818. The normalized spacial score (nSPS) is 16.6. The maximum atomic E-state index is 9.23. The summed E-state index contributed by atoms with van der Waals surface area (Å²) in [7, 11) is 1.75. The van der Waals surface area contributed by atoms with E-state index in [1.807, 2.05) is 13.0 Å². The highest BCUT2D eigenvalue weighted by Crippen LogP contribution is 2.25. The van der Waals surface area contributed by atoms with Gasteiger partial charge in [-0.1, -0.05) is 0 Å². The number of aryl methyl sites for hydroxylation is 1. The first-order valence-electron chi connectivity index (χ1n) is 6.36. The summed E-state index contributed by atoms with van der Waals surface area (Å²) in [6.07, 6.45) is 4.00. The SMILES string of the molecule is COCC1CCN(c2nccc(C)c2C#N)CC1. The van der Waals surface area contributed by atoms with Gasteiger partial charge in [-0.15, -0.1) is 0 Å². The summed E-state index contributed by atoms with van der Waals surface area (Å²) in [4.78, 5) is 6.60. The van der Waals surface area contributed by atoms with Crippen LogP contribution in [-0.4, -0.2) is 31.8 Å². The Hall–Kier alpha value is -1.60. The number of hydrogen-bond acceptors (Lipinski definition) is 4. The lowest BCUT2D eigenvalue weighted by atomic mass is 9.97. The second-order valence-electron chi connectivity index (χ2n) is 4.82. The molecule has 0 N–H and O–H groups in total. The number of aromatic nitrogens is 1. The number of anilines is 1. The summed E-state index contributed by atoms with van der Waals surface area (Å²) >= 11 is 0. The molecule has 0 spiro atoms. The molecule has 2 heterocycles. The summed E-state index contributed by atoms with van der Waals surface area (Å²) in [6.45, 7) is 4.71. The van der Waals surface area contributed by atoms with Crippen LogP contribution in [0.4, 0.5) is 5.82 Å². The fraction of sp³-hybridized carbons (Fsp3) is 0.571. The molecule has 1 aromatic rings. The van der Waals surface area contributed by atoms with Gasteiger partial charge in [-0.05, 0) is 37.3 Å². The molecule has 0 bridgehead atoms. The molecule has 4 heteroatoms. The first kappa shape index (κ1) is 12.8. The number of rotatable bonds is 3. The van der Waals surface area contributed by atoms with Crippen LogP contribution >= 0.6 is 0 Å². The van der Waals surface area contributed by atoms with Crippen molar-refractivity contribution in [2.45, 2.75) is 19.8 Å². The molecule has 0 amide bonds. The second kappa shape index (κ2) is 5.83. The summed E-state index contributed by atoms with van der Waals surface area (Å²) in [5, 5.41) is 9.23. The molecule has 96 valence electrons. The highest BCUT2D eigenvalue weighted by atomic mass is 16.5. The van der Waals surface area contributed by atoms with Crippen LogP contribution in [0, 0.1) is 24.2 Å². The summed E-state index contributed by atoms with van der Waals surface area (Å²) in [5.74, 6) is 1.48. The lowest BCUT2D eigenvalue weighted by molar-refractivity contribution is 0.139. The molecular weight excluding hydrogens is 226 g/mol. The molecule has 1 aromatic heterocycles. The van der Waals surface area contributed by atoms with Crippen LogP contribution in [0.25, 0.3) is 0 Å². The van der Waals surface area contributed by atoms with Crippen molar-refractivity contribution in [1.29, 1.82) is 5.26 Å². The zero-order valence-electron chi connectivity index (χ0n) is 11.0. The minimum atomic E-state index is 0.640. The second-order valence-corrected chi connectivity index (χ2v) is 4.82. The van der Waals surface area contributed by atoms with E-state index >= 15 is 0 Å². The number of methoxy groups -OCH3 is 1. The highest BCUT2D eigenvalue weighted by molar-refractivity contribution is 5.57. The van der Waals surface area contributed by atoms with Crippen LogP contribution in [0.15, 0.2) is 12.3 Å². The molecule has 0 saturated carbocycles. The van der Waals surface area contributed by atoms with E-state index in [4.69, 9.17) is 4.74 Å². The molecule has 4 nitrogen and oxygen atoms in total. The minimum absolute atomic E-state index is 0.640. The zero-order valence-corrected chi connectivity index (χ0v) is 11.0. The lowest BCUT2D eigenvalue weighted by Gasteiger charge is -2.33. The fourth-order valence-electron chi connectivity index (χ4n) is 2.47. The van der Waals surface area contributed by atoms with Crippen LogP contribution < -0.4 is 4.90 Å². The predicted molar refractivity (Wildman–Crippen MR) is 70.5 cm³/mol. The third kappa shape index (κ3) is 2.62. The maximum Gasteiger partial charge on any atom is 0.146 e. The molecule has 0 aromatic carbocycles. The first-order chi connectivity index (χ1) is 8.76. The minimum Gasteiger partial charge on any atom is -0.384 e. The molecule has 2 rings (SSSR count). The van der Waals surface area contributed by atoms with Crippen LogP contribution in [-0.2, 0) is 4.74 Å². The molecule has 0 radical (unpaired) electrons. The van der Waals surface area contributed by atoms with Gasteiger partial charge in [0.1, 0.15) is 11.9 Å². The first-order valence-corrected chi connectivity index (χ1v) is 6.36. The van der Waals surface area contributed by atoms with Crippen molar-refractivity contribution >= 4 is 5.82 Å². The smallest absolute Gasteiger partial charge is 0.146 e. The molecule has 1 saturated heterocycles. The van der Waals surface area contributed by atoms with Crippen LogP contribution in [0.2, 0.25) is 0 Å². The Kier molecular flexibility index (Phi) is 4.16. The van der Waals surface area contributed by atoms with E-state index in [-0.39, 0.29) is 0 Å². The van der Waals surface area contributed by atoms with Crippen molar-refractivity contribution in [3.63, 3.8) is 0 Å². The van der Waals surface area contributed by atoms with Crippen molar-refractivity contribution in [1.82, 2.24) is 4.98 Å². The van der Waals surface area contributed by atoms with Gasteiger partial charge in [0, 0.05) is 33.0 Å². The average molecular weight is 245 g/mol. The van der Waals surface area contributed by atoms with E-state index in [0.29, 0.717) is 11.5 Å². The van der Waals surface area contributed by atoms with E-state index < -0.39 is 0 Å². The molecule has 0 unspecified atom stereocenters. The van der Waals surface area contributed by atoms with Crippen molar-refractivity contribution in [3.05, 3.63) is 23.4 Å². The van der Waals surface area contributed by atoms with Gasteiger partial charge in [-0.3, -0.25) is 0 Å². The Morgan fingerprint density at radius 2 is 2.22 bits per heavy atom. The molecular formula is C14H19N3O. The summed E-state index contributed by atoms with van der Waals surface area (Å²) < 4.78 is 5.20. The van der Waals surface area contributed by atoms with Gasteiger partial charge >= 0.3 is 0 Å². The Morgan fingerprint density at radius 1 is 1.50 bits per heavy atom. The van der Waals surface area contributed by atoms with Gasteiger partial charge in [0.2, 0.25) is 0 Å². The van der Waals surface area contributed by atoms with Crippen LogP contribution in [0.3, 0.4) is 0 Å². The maximum absolute atomic E-state index is 9.23. The van der Waals surface area contributed by atoms with Crippen molar-refractivity contribution in [3.8, 4) is 6.07 Å². The molecule has 1 aliphatic heterocycles. The van der Waals surface area contributed by atoms with E-state index in [0.717, 1.165) is 43.9 Å². The number of nitriles is 1. The average Bonchev–Trinajstić information content (AvgIpc) is 2.40. The van der Waals surface area contributed by atoms with Gasteiger partial charge in [0.25, 0.3) is 0 Å². The van der Waals surface area contributed by atoms with E-state index in [2.05, 4.69) is 16.0 Å². The molecule has 0 atom stereocenters. The number of piperidine rings is 1. The molecule has 1 aliphatic rings. The van der Waals surface area contributed by atoms with Crippen LogP contribution in [0.1, 0.15) is 24.0 Å².